The fourth-order valence-corrected chi connectivity index (χ4v) is 3.72. The summed E-state index contributed by atoms with van der Waals surface area (Å²) in [5.41, 5.74) is 2.02. The summed E-state index contributed by atoms with van der Waals surface area (Å²) in [6, 6.07) is 7.92. The molecule has 1 saturated heterocycles. The van der Waals surface area contributed by atoms with E-state index in [1.807, 2.05) is 29.2 Å². The predicted octanol–water partition coefficient (Wildman–Crippen LogP) is 3.64. The molecule has 2 amide bonds. The highest BCUT2D eigenvalue weighted by Crippen LogP contribution is 2.41. The Labute approximate surface area is 144 Å². The van der Waals surface area contributed by atoms with Gasteiger partial charge in [0.1, 0.15) is 0 Å². The van der Waals surface area contributed by atoms with E-state index in [1.54, 1.807) is 0 Å². The van der Waals surface area contributed by atoms with Gasteiger partial charge in [0.15, 0.2) is 0 Å². The quantitative estimate of drug-likeness (QED) is 0.917. The summed E-state index contributed by atoms with van der Waals surface area (Å²) < 4.78 is 0. The number of likely N-dealkylation sites (tertiary alicyclic amines) is 1. The molecule has 3 atom stereocenters. The van der Waals surface area contributed by atoms with Gasteiger partial charge in [-0.2, -0.15) is 0 Å². The fourth-order valence-electron chi connectivity index (χ4n) is 3.72. The van der Waals surface area contributed by atoms with Crippen molar-refractivity contribution in [2.24, 2.45) is 17.8 Å². The summed E-state index contributed by atoms with van der Waals surface area (Å²) in [6.07, 6.45) is 2.97. The van der Waals surface area contributed by atoms with Crippen molar-refractivity contribution in [2.45, 2.75) is 46.0 Å². The Kier molecular flexibility index (Phi) is 4.93. The monoisotopic (exact) mass is 328 g/mol. The van der Waals surface area contributed by atoms with Gasteiger partial charge in [0.2, 0.25) is 11.8 Å². The number of nitrogens with one attached hydrogen (secondary N) is 1. The van der Waals surface area contributed by atoms with Crippen LogP contribution < -0.4 is 5.32 Å². The van der Waals surface area contributed by atoms with Crippen LogP contribution in [-0.4, -0.2) is 29.8 Å². The lowest BCUT2D eigenvalue weighted by atomic mass is 10.00. The van der Waals surface area contributed by atoms with Crippen LogP contribution in [0.4, 0.5) is 5.69 Å². The van der Waals surface area contributed by atoms with Crippen molar-refractivity contribution in [1.82, 2.24) is 4.90 Å². The van der Waals surface area contributed by atoms with Gasteiger partial charge in [-0.1, -0.05) is 39.0 Å². The Balaban J connectivity index is 1.59. The SMILES string of the molecule is CC1CCCN(C(=O)C2CC2C(=O)Nc2ccccc2C(C)C)C1. The topological polar surface area (TPSA) is 49.4 Å². The molecule has 1 heterocycles. The lowest BCUT2D eigenvalue weighted by Gasteiger charge is -2.31. The van der Waals surface area contributed by atoms with E-state index >= 15 is 0 Å². The van der Waals surface area contributed by atoms with Crippen molar-refractivity contribution < 1.29 is 9.59 Å². The van der Waals surface area contributed by atoms with Crippen molar-refractivity contribution in [3.63, 3.8) is 0 Å². The predicted molar refractivity (Wildman–Crippen MR) is 95.7 cm³/mol. The van der Waals surface area contributed by atoms with Gasteiger partial charge in [-0.25, -0.2) is 0 Å². The minimum absolute atomic E-state index is 0.00786. The molecule has 0 radical (unpaired) electrons. The first-order valence-corrected chi connectivity index (χ1v) is 9.16. The van der Waals surface area contributed by atoms with Crippen LogP contribution in [0.15, 0.2) is 24.3 Å². The second-order valence-electron chi connectivity index (χ2n) is 7.71. The molecule has 1 aliphatic carbocycles. The molecule has 0 aromatic heterocycles. The molecule has 4 heteroatoms. The molecule has 130 valence electrons. The second kappa shape index (κ2) is 6.96. The number of carbonyl (C=O) groups is 2. The summed E-state index contributed by atoms with van der Waals surface area (Å²) in [5.74, 6) is 0.835. The third kappa shape index (κ3) is 3.63. The summed E-state index contributed by atoms with van der Waals surface area (Å²) in [4.78, 5) is 27.1. The number of nitrogens with zero attached hydrogens (tertiary/aromatic N) is 1. The normalized spacial score (nSPS) is 26.3. The zero-order valence-electron chi connectivity index (χ0n) is 14.9. The smallest absolute Gasteiger partial charge is 0.228 e. The van der Waals surface area contributed by atoms with Crippen LogP contribution in [0.2, 0.25) is 0 Å². The van der Waals surface area contributed by atoms with Gasteiger partial charge >= 0.3 is 0 Å². The third-order valence-electron chi connectivity index (χ3n) is 5.25. The Morgan fingerprint density at radius 2 is 1.96 bits per heavy atom. The minimum Gasteiger partial charge on any atom is -0.342 e. The highest BCUT2D eigenvalue weighted by Gasteiger charge is 2.49. The number of amides is 2. The number of carbonyl (C=O) groups excluding carboxylic acids is 2. The Morgan fingerprint density at radius 1 is 1.21 bits per heavy atom. The molecule has 3 unspecified atom stereocenters. The number of hydrogen-bond acceptors (Lipinski definition) is 2. The van der Waals surface area contributed by atoms with E-state index in [9.17, 15) is 9.59 Å². The summed E-state index contributed by atoms with van der Waals surface area (Å²) in [7, 11) is 0. The third-order valence-corrected chi connectivity index (χ3v) is 5.25. The number of para-hydroxylation sites is 1. The van der Waals surface area contributed by atoms with Crippen molar-refractivity contribution in [3.05, 3.63) is 29.8 Å². The summed E-state index contributed by atoms with van der Waals surface area (Å²) in [6.45, 7) is 8.13. The first-order valence-electron chi connectivity index (χ1n) is 9.16. The van der Waals surface area contributed by atoms with Gasteiger partial charge in [-0.15, -0.1) is 0 Å². The molecule has 2 fully saturated rings. The molecule has 1 aromatic rings. The Bertz CT molecular complexity index is 626. The maximum atomic E-state index is 12.6. The van der Waals surface area contributed by atoms with Crippen LogP contribution >= 0.6 is 0 Å². The number of rotatable bonds is 4. The minimum atomic E-state index is -0.157. The molecular formula is C20H28N2O2. The number of hydrogen-bond donors (Lipinski definition) is 1. The van der Waals surface area contributed by atoms with Crippen LogP contribution in [0.1, 0.15) is 51.5 Å². The van der Waals surface area contributed by atoms with Crippen LogP contribution in [0.3, 0.4) is 0 Å². The van der Waals surface area contributed by atoms with E-state index in [1.165, 1.54) is 6.42 Å². The lowest BCUT2D eigenvalue weighted by molar-refractivity contribution is -0.135. The average molecular weight is 328 g/mol. The van der Waals surface area contributed by atoms with E-state index in [4.69, 9.17) is 0 Å². The van der Waals surface area contributed by atoms with Crippen molar-refractivity contribution in [1.29, 1.82) is 0 Å². The lowest BCUT2D eigenvalue weighted by Crippen LogP contribution is -2.40. The van der Waals surface area contributed by atoms with Crippen LogP contribution in [-0.2, 0) is 9.59 Å². The largest absolute Gasteiger partial charge is 0.342 e. The standard InChI is InChI=1S/C20H28N2O2/c1-13(2)15-8-4-5-9-18(15)21-19(23)16-11-17(16)20(24)22-10-6-7-14(3)12-22/h4-5,8-9,13-14,16-17H,6-7,10-12H2,1-3H3,(H,21,23). The molecule has 1 saturated carbocycles. The Hall–Kier alpha value is -1.84. The second-order valence-corrected chi connectivity index (χ2v) is 7.71. The molecule has 24 heavy (non-hydrogen) atoms. The van der Waals surface area contributed by atoms with Gasteiger partial charge in [0.25, 0.3) is 0 Å². The van der Waals surface area contributed by atoms with E-state index in [0.29, 0.717) is 18.3 Å². The zero-order valence-corrected chi connectivity index (χ0v) is 14.9. The van der Waals surface area contributed by atoms with Crippen molar-refractivity contribution in [3.8, 4) is 0 Å². The molecule has 2 aliphatic rings. The molecule has 0 spiro atoms. The first kappa shape index (κ1) is 17.0. The molecule has 1 aromatic carbocycles. The molecule has 0 bridgehead atoms. The Morgan fingerprint density at radius 3 is 2.67 bits per heavy atom. The average Bonchev–Trinajstić information content (AvgIpc) is 3.35. The maximum Gasteiger partial charge on any atom is 0.228 e. The maximum absolute atomic E-state index is 12.6. The number of piperidine rings is 1. The van der Waals surface area contributed by atoms with E-state index < -0.39 is 0 Å². The van der Waals surface area contributed by atoms with E-state index in [-0.39, 0.29) is 23.7 Å². The molecule has 1 aliphatic heterocycles. The van der Waals surface area contributed by atoms with Gasteiger partial charge in [0.05, 0.1) is 11.8 Å². The van der Waals surface area contributed by atoms with Crippen LogP contribution in [0.25, 0.3) is 0 Å². The van der Waals surface area contributed by atoms with Gasteiger partial charge in [0, 0.05) is 18.8 Å². The molecule has 4 nitrogen and oxygen atoms in total. The number of benzene rings is 1. The van der Waals surface area contributed by atoms with Crippen LogP contribution in [0.5, 0.6) is 0 Å². The van der Waals surface area contributed by atoms with E-state index in [2.05, 4.69) is 26.1 Å². The van der Waals surface area contributed by atoms with Gasteiger partial charge < -0.3 is 10.2 Å². The molecule has 3 rings (SSSR count). The van der Waals surface area contributed by atoms with Gasteiger partial charge in [-0.05, 0) is 42.7 Å². The molecule has 1 N–H and O–H groups in total. The first-order chi connectivity index (χ1) is 11.5. The summed E-state index contributed by atoms with van der Waals surface area (Å²) in [5, 5.41) is 3.04. The highest BCUT2D eigenvalue weighted by molar-refractivity contribution is 6.00. The fraction of sp³-hybridized carbons (Fsp3) is 0.600. The summed E-state index contributed by atoms with van der Waals surface area (Å²) >= 11 is 0. The molecular weight excluding hydrogens is 300 g/mol. The van der Waals surface area contributed by atoms with Crippen molar-refractivity contribution in [2.75, 3.05) is 18.4 Å². The van der Waals surface area contributed by atoms with Crippen molar-refractivity contribution >= 4 is 17.5 Å². The van der Waals surface area contributed by atoms with Gasteiger partial charge in [-0.3, -0.25) is 9.59 Å². The van der Waals surface area contributed by atoms with E-state index in [0.717, 1.165) is 30.8 Å². The highest BCUT2D eigenvalue weighted by atomic mass is 16.2. The van der Waals surface area contributed by atoms with Crippen LogP contribution in [0, 0.1) is 17.8 Å². The number of anilines is 1. The zero-order chi connectivity index (χ0) is 17.3.